The number of aryl methyl sites for hydroxylation is 1. The predicted molar refractivity (Wildman–Crippen MR) is 90.6 cm³/mol. The summed E-state index contributed by atoms with van der Waals surface area (Å²) in [5, 5.41) is 0. The van der Waals surface area contributed by atoms with Gasteiger partial charge in [-0.2, -0.15) is 0 Å². The highest BCUT2D eigenvalue weighted by molar-refractivity contribution is 5.77. The van der Waals surface area contributed by atoms with Gasteiger partial charge in [-0.25, -0.2) is 0 Å². The topological polar surface area (TPSA) is 20.3 Å². The van der Waals surface area contributed by atoms with Crippen molar-refractivity contribution in [2.24, 2.45) is 0 Å². The number of nitrogens with zero attached hydrogens (tertiary/aromatic N) is 1. The summed E-state index contributed by atoms with van der Waals surface area (Å²) in [7, 11) is 3.56. The van der Waals surface area contributed by atoms with Crippen LogP contribution in [0.5, 0.6) is 0 Å². The van der Waals surface area contributed by atoms with Crippen molar-refractivity contribution < 1.29 is 4.79 Å². The van der Waals surface area contributed by atoms with Crippen molar-refractivity contribution in [2.45, 2.75) is 19.3 Å². The molecular formula is C20H21NO. The van der Waals surface area contributed by atoms with Gasteiger partial charge in [0.25, 0.3) is 0 Å². The standard InChI is InChI=1S/C20H21NO/c1-16-9-7-8-12-19(16)18(15-20(22)21(2)3)14-13-17-10-5-4-6-11-17/h4-12,18H,15H2,1-3H3/t18-/m1/s1. The number of amides is 1. The van der Waals surface area contributed by atoms with Crippen molar-refractivity contribution in [1.29, 1.82) is 0 Å². The van der Waals surface area contributed by atoms with Crippen molar-refractivity contribution in [2.75, 3.05) is 14.1 Å². The molecule has 0 bridgehead atoms. The number of hydrogen-bond acceptors (Lipinski definition) is 1. The second-order valence-corrected chi connectivity index (χ2v) is 5.54. The predicted octanol–water partition coefficient (Wildman–Crippen LogP) is 3.61. The van der Waals surface area contributed by atoms with Crippen molar-refractivity contribution in [3.63, 3.8) is 0 Å². The van der Waals surface area contributed by atoms with Crippen LogP contribution in [-0.4, -0.2) is 24.9 Å². The van der Waals surface area contributed by atoms with Crippen molar-refractivity contribution >= 4 is 5.91 Å². The van der Waals surface area contributed by atoms with Gasteiger partial charge in [0.15, 0.2) is 0 Å². The molecule has 22 heavy (non-hydrogen) atoms. The zero-order valence-electron chi connectivity index (χ0n) is 13.3. The van der Waals surface area contributed by atoms with Crippen LogP contribution < -0.4 is 0 Å². The minimum absolute atomic E-state index is 0.0868. The summed E-state index contributed by atoms with van der Waals surface area (Å²) in [6.45, 7) is 2.06. The van der Waals surface area contributed by atoms with Gasteiger partial charge in [-0.3, -0.25) is 4.79 Å². The largest absolute Gasteiger partial charge is 0.349 e. The summed E-state index contributed by atoms with van der Waals surface area (Å²) in [6.07, 6.45) is 0.400. The fraction of sp³-hybridized carbons (Fsp3) is 0.250. The van der Waals surface area contributed by atoms with Gasteiger partial charge in [0.05, 0.1) is 5.92 Å². The van der Waals surface area contributed by atoms with Gasteiger partial charge in [-0.1, -0.05) is 54.3 Å². The van der Waals surface area contributed by atoms with Crippen LogP contribution >= 0.6 is 0 Å². The van der Waals surface area contributed by atoms with Crippen LogP contribution in [0.2, 0.25) is 0 Å². The van der Waals surface area contributed by atoms with E-state index in [1.807, 2.05) is 42.5 Å². The lowest BCUT2D eigenvalue weighted by molar-refractivity contribution is -0.128. The van der Waals surface area contributed by atoms with E-state index in [0.717, 1.165) is 11.1 Å². The van der Waals surface area contributed by atoms with E-state index in [-0.39, 0.29) is 11.8 Å². The third kappa shape index (κ3) is 4.23. The van der Waals surface area contributed by atoms with E-state index in [1.54, 1.807) is 19.0 Å². The Kier molecular flexibility index (Phi) is 5.38. The smallest absolute Gasteiger partial charge is 0.223 e. The van der Waals surface area contributed by atoms with Crippen LogP contribution in [0.4, 0.5) is 0 Å². The van der Waals surface area contributed by atoms with Gasteiger partial charge in [0, 0.05) is 26.1 Å². The maximum Gasteiger partial charge on any atom is 0.223 e. The Morgan fingerprint density at radius 1 is 1.05 bits per heavy atom. The van der Waals surface area contributed by atoms with E-state index in [4.69, 9.17) is 0 Å². The van der Waals surface area contributed by atoms with Crippen LogP contribution in [0.25, 0.3) is 0 Å². The van der Waals surface area contributed by atoms with E-state index in [1.165, 1.54) is 5.56 Å². The average Bonchev–Trinajstić information content (AvgIpc) is 2.53. The highest BCUT2D eigenvalue weighted by Gasteiger charge is 2.16. The highest BCUT2D eigenvalue weighted by atomic mass is 16.2. The van der Waals surface area contributed by atoms with Crippen molar-refractivity contribution in [3.8, 4) is 11.8 Å². The Bertz CT molecular complexity index is 692. The van der Waals surface area contributed by atoms with E-state index in [9.17, 15) is 4.79 Å². The molecule has 0 saturated heterocycles. The number of carbonyl (C=O) groups is 1. The molecule has 112 valence electrons. The number of benzene rings is 2. The summed E-state index contributed by atoms with van der Waals surface area (Å²) in [5.74, 6) is 6.48. The monoisotopic (exact) mass is 291 g/mol. The molecule has 0 radical (unpaired) electrons. The fourth-order valence-corrected chi connectivity index (χ4v) is 2.27. The summed E-state index contributed by atoms with van der Waals surface area (Å²) < 4.78 is 0. The molecule has 1 amide bonds. The first-order chi connectivity index (χ1) is 10.6. The first-order valence-corrected chi connectivity index (χ1v) is 7.40. The van der Waals surface area contributed by atoms with Gasteiger partial charge in [-0.05, 0) is 30.2 Å². The Labute approximate surface area is 132 Å². The lowest BCUT2D eigenvalue weighted by Crippen LogP contribution is -2.23. The first-order valence-electron chi connectivity index (χ1n) is 7.40. The second-order valence-electron chi connectivity index (χ2n) is 5.54. The summed E-state index contributed by atoms with van der Waals surface area (Å²) in [6, 6.07) is 18.0. The van der Waals surface area contributed by atoms with E-state index < -0.39 is 0 Å². The summed E-state index contributed by atoms with van der Waals surface area (Å²) in [5.41, 5.74) is 3.26. The van der Waals surface area contributed by atoms with Gasteiger partial charge in [-0.15, -0.1) is 0 Å². The van der Waals surface area contributed by atoms with Crippen LogP contribution in [0, 0.1) is 18.8 Å². The molecule has 2 nitrogen and oxygen atoms in total. The third-order valence-electron chi connectivity index (χ3n) is 3.61. The highest BCUT2D eigenvalue weighted by Crippen LogP contribution is 2.23. The average molecular weight is 291 g/mol. The summed E-state index contributed by atoms with van der Waals surface area (Å²) >= 11 is 0. The lowest BCUT2D eigenvalue weighted by atomic mass is 9.92. The number of rotatable bonds is 3. The molecule has 0 N–H and O–H groups in total. The maximum atomic E-state index is 12.1. The molecule has 2 aromatic rings. The number of hydrogen-bond donors (Lipinski definition) is 0. The zero-order valence-corrected chi connectivity index (χ0v) is 13.3. The van der Waals surface area contributed by atoms with Crippen LogP contribution in [-0.2, 0) is 4.79 Å². The van der Waals surface area contributed by atoms with Crippen LogP contribution in [0.3, 0.4) is 0 Å². The van der Waals surface area contributed by atoms with Gasteiger partial charge < -0.3 is 4.90 Å². The Morgan fingerprint density at radius 2 is 1.68 bits per heavy atom. The van der Waals surface area contributed by atoms with E-state index >= 15 is 0 Å². The molecule has 0 aromatic heterocycles. The zero-order chi connectivity index (χ0) is 15.9. The maximum absolute atomic E-state index is 12.1. The summed E-state index contributed by atoms with van der Waals surface area (Å²) in [4.78, 5) is 13.7. The molecule has 0 heterocycles. The molecular weight excluding hydrogens is 270 g/mol. The van der Waals surface area contributed by atoms with Gasteiger partial charge in [0.1, 0.15) is 0 Å². The molecule has 0 saturated carbocycles. The Morgan fingerprint density at radius 3 is 2.32 bits per heavy atom. The van der Waals surface area contributed by atoms with Crippen LogP contribution in [0.1, 0.15) is 29.0 Å². The molecule has 2 heteroatoms. The van der Waals surface area contributed by atoms with Crippen molar-refractivity contribution in [3.05, 3.63) is 71.3 Å². The molecule has 2 rings (SSSR count). The van der Waals surface area contributed by atoms with Crippen LogP contribution in [0.15, 0.2) is 54.6 Å². The fourth-order valence-electron chi connectivity index (χ4n) is 2.27. The molecule has 0 unspecified atom stereocenters. The third-order valence-corrected chi connectivity index (χ3v) is 3.61. The van der Waals surface area contributed by atoms with E-state index in [0.29, 0.717) is 6.42 Å². The molecule has 2 aromatic carbocycles. The molecule has 0 aliphatic heterocycles. The Balaban J connectivity index is 2.32. The molecule has 0 fully saturated rings. The number of carbonyl (C=O) groups excluding carboxylic acids is 1. The van der Waals surface area contributed by atoms with E-state index in [2.05, 4.69) is 30.9 Å². The molecule has 0 aliphatic rings. The van der Waals surface area contributed by atoms with Crippen molar-refractivity contribution in [1.82, 2.24) is 4.90 Å². The Hall–Kier alpha value is -2.53. The minimum Gasteiger partial charge on any atom is -0.349 e. The first kappa shape index (κ1) is 15.9. The SMILES string of the molecule is Cc1ccccc1[C@H](C#Cc1ccccc1)CC(=O)N(C)C. The lowest BCUT2D eigenvalue weighted by Gasteiger charge is -2.16. The second kappa shape index (κ2) is 7.47. The minimum atomic E-state index is -0.0868. The van der Waals surface area contributed by atoms with Gasteiger partial charge in [0.2, 0.25) is 5.91 Å². The molecule has 0 spiro atoms. The van der Waals surface area contributed by atoms with Gasteiger partial charge >= 0.3 is 0 Å². The molecule has 0 aliphatic carbocycles. The quantitative estimate of drug-likeness (QED) is 0.791. The molecule has 1 atom stereocenters. The normalized spacial score (nSPS) is 11.2.